The van der Waals surface area contributed by atoms with Crippen LogP contribution in [0, 0.1) is 0 Å². The number of benzene rings is 2. The van der Waals surface area contributed by atoms with E-state index in [-0.39, 0.29) is 6.61 Å². The molecule has 0 atom stereocenters. The van der Waals surface area contributed by atoms with Crippen molar-refractivity contribution in [3.05, 3.63) is 66.7 Å². The summed E-state index contributed by atoms with van der Waals surface area (Å²) in [5.74, 6) is 0.854. The van der Waals surface area contributed by atoms with Crippen molar-refractivity contribution in [3.63, 3.8) is 0 Å². The molecule has 3 rings (SSSR count). The lowest BCUT2D eigenvalue weighted by Gasteiger charge is -2.09. The standard InChI is InChI=1S/C18H17N3O3/c19-18(22)11-23-16-6-4-13(5-7-16)9-21-15-3-1-2-14(8-15)17-10-20-12-24-17/h1-8,10,12,21H,9,11H2,(H2,19,22). The Morgan fingerprint density at radius 3 is 2.75 bits per heavy atom. The Hall–Kier alpha value is -3.28. The SMILES string of the molecule is NC(=O)COc1ccc(CNc2cccc(-c3cnco3)c2)cc1. The summed E-state index contributed by atoms with van der Waals surface area (Å²) in [6.07, 6.45) is 3.10. The highest BCUT2D eigenvalue weighted by Crippen LogP contribution is 2.22. The van der Waals surface area contributed by atoms with Crippen molar-refractivity contribution >= 4 is 11.6 Å². The van der Waals surface area contributed by atoms with Gasteiger partial charge in [-0.2, -0.15) is 0 Å². The quantitative estimate of drug-likeness (QED) is 0.698. The maximum Gasteiger partial charge on any atom is 0.255 e. The third-order valence-corrected chi connectivity index (χ3v) is 3.38. The van der Waals surface area contributed by atoms with Crippen LogP contribution in [-0.2, 0) is 11.3 Å². The number of hydrogen-bond donors (Lipinski definition) is 2. The van der Waals surface area contributed by atoms with Gasteiger partial charge in [-0.15, -0.1) is 0 Å². The maximum atomic E-state index is 10.7. The number of ether oxygens (including phenoxy) is 1. The summed E-state index contributed by atoms with van der Waals surface area (Å²) in [6.45, 7) is 0.544. The first-order valence-electron chi connectivity index (χ1n) is 7.43. The van der Waals surface area contributed by atoms with Gasteiger partial charge in [0.25, 0.3) is 5.91 Å². The number of rotatable bonds is 7. The normalized spacial score (nSPS) is 10.3. The van der Waals surface area contributed by atoms with E-state index in [9.17, 15) is 4.79 Å². The van der Waals surface area contributed by atoms with Gasteiger partial charge in [-0.05, 0) is 29.8 Å². The fraction of sp³-hybridized carbons (Fsp3) is 0.111. The number of nitrogens with zero attached hydrogens (tertiary/aromatic N) is 1. The molecule has 3 N–H and O–H groups in total. The number of nitrogens with one attached hydrogen (secondary N) is 1. The second-order valence-corrected chi connectivity index (χ2v) is 5.20. The van der Waals surface area contributed by atoms with Crippen molar-refractivity contribution in [2.24, 2.45) is 5.73 Å². The predicted molar refractivity (Wildman–Crippen MR) is 90.4 cm³/mol. The molecule has 1 heterocycles. The molecule has 122 valence electrons. The van der Waals surface area contributed by atoms with Crippen molar-refractivity contribution in [2.45, 2.75) is 6.54 Å². The molecule has 0 bridgehead atoms. The Balaban J connectivity index is 1.59. The van der Waals surface area contributed by atoms with Crippen LogP contribution >= 0.6 is 0 Å². The van der Waals surface area contributed by atoms with Gasteiger partial charge in [0, 0.05) is 17.8 Å². The first kappa shape index (κ1) is 15.6. The summed E-state index contributed by atoms with van der Waals surface area (Å²) in [6, 6.07) is 15.4. The molecule has 0 saturated carbocycles. The van der Waals surface area contributed by atoms with Crippen molar-refractivity contribution in [2.75, 3.05) is 11.9 Å². The Morgan fingerprint density at radius 2 is 2.04 bits per heavy atom. The van der Waals surface area contributed by atoms with E-state index in [0.717, 1.165) is 22.6 Å². The molecule has 24 heavy (non-hydrogen) atoms. The first-order chi connectivity index (χ1) is 11.7. The number of nitrogens with two attached hydrogens (primary N) is 1. The number of carbonyl (C=O) groups excluding carboxylic acids is 1. The molecule has 0 spiro atoms. The highest BCUT2D eigenvalue weighted by Gasteiger charge is 2.03. The molecule has 2 aromatic carbocycles. The largest absolute Gasteiger partial charge is 0.484 e. The lowest BCUT2D eigenvalue weighted by Crippen LogP contribution is -2.19. The van der Waals surface area contributed by atoms with Crippen molar-refractivity contribution < 1.29 is 13.9 Å². The number of aromatic nitrogens is 1. The summed E-state index contributed by atoms with van der Waals surface area (Å²) >= 11 is 0. The Labute approximate surface area is 139 Å². The monoisotopic (exact) mass is 323 g/mol. The summed E-state index contributed by atoms with van der Waals surface area (Å²) in [5, 5.41) is 3.36. The molecule has 6 heteroatoms. The van der Waals surface area contributed by atoms with Crippen LogP contribution in [-0.4, -0.2) is 17.5 Å². The van der Waals surface area contributed by atoms with E-state index < -0.39 is 5.91 Å². The average Bonchev–Trinajstić information content (AvgIpc) is 3.14. The van der Waals surface area contributed by atoms with Crippen LogP contribution < -0.4 is 15.8 Å². The number of anilines is 1. The summed E-state index contributed by atoms with van der Waals surface area (Å²) in [5.41, 5.74) is 8.08. The highest BCUT2D eigenvalue weighted by molar-refractivity contribution is 5.75. The van der Waals surface area contributed by atoms with Gasteiger partial charge in [0.05, 0.1) is 6.20 Å². The van der Waals surface area contributed by atoms with Crippen LogP contribution in [0.25, 0.3) is 11.3 Å². The zero-order valence-electron chi connectivity index (χ0n) is 12.9. The minimum atomic E-state index is -0.493. The van der Waals surface area contributed by atoms with Crippen molar-refractivity contribution in [1.82, 2.24) is 4.98 Å². The number of carbonyl (C=O) groups is 1. The molecule has 6 nitrogen and oxygen atoms in total. The topological polar surface area (TPSA) is 90.4 Å². The minimum absolute atomic E-state index is 0.119. The van der Waals surface area contributed by atoms with Gasteiger partial charge in [-0.3, -0.25) is 4.79 Å². The molecule has 1 amide bonds. The lowest BCUT2D eigenvalue weighted by atomic mass is 10.1. The average molecular weight is 323 g/mol. The molecule has 0 fully saturated rings. The fourth-order valence-corrected chi connectivity index (χ4v) is 2.20. The van der Waals surface area contributed by atoms with Crippen molar-refractivity contribution in [1.29, 1.82) is 0 Å². The molecule has 3 aromatic rings. The van der Waals surface area contributed by atoms with Gasteiger partial charge in [0.15, 0.2) is 18.8 Å². The fourth-order valence-electron chi connectivity index (χ4n) is 2.20. The van der Waals surface area contributed by atoms with Gasteiger partial charge in [-0.1, -0.05) is 24.3 Å². The molecule has 1 aromatic heterocycles. The summed E-state index contributed by atoms with van der Waals surface area (Å²) < 4.78 is 10.5. The van der Waals surface area contributed by atoms with Gasteiger partial charge in [0.1, 0.15) is 5.75 Å². The summed E-state index contributed by atoms with van der Waals surface area (Å²) in [7, 11) is 0. The zero-order chi connectivity index (χ0) is 16.8. The van der Waals surface area contributed by atoms with Crippen LogP contribution in [0.5, 0.6) is 5.75 Å². The Kier molecular flexibility index (Phi) is 4.76. The van der Waals surface area contributed by atoms with E-state index in [2.05, 4.69) is 10.3 Å². The van der Waals surface area contributed by atoms with Crippen LogP contribution in [0.1, 0.15) is 5.56 Å². The summed E-state index contributed by atoms with van der Waals surface area (Å²) in [4.78, 5) is 14.6. The van der Waals surface area contributed by atoms with E-state index >= 15 is 0 Å². The Bertz CT molecular complexity index is 799. The molecule has 0 saturated heterocycles. The van der Waals surface area contributed by atoms with Crippen molar-refractivity contribution in [3.8, 4) is 17.1 Å². The lowest BCUT2D eigenvalue weighted by molar-refractivity contribution is -0.119. The number of oxazole rings is 1. The van der Waals surface area contributed by atoms with Crippen LogP contribution in [0.4, 0.5) is 5.69 Å². The molecular weight excluding hydrogens is 306 g/mol. The maximum absolute atomic E-state index is 10.7. The van der Waals surface area contributed by atoms with Gasteiger partial charge < -0.3 is 20.2 Å². The second kappa shape index (κ2) is 7.32. The minimum Gasteiger partial charge on any atom is -0.484 e. The van der Waals surface area contributed by atoms with Crippen LogP contribution in [0.2, 0.25) is 0 Å². The van der Waals surface area contributed by atoms with E-state index in [1.54, 1.807) is 6.20 Å². The molecular formula is C18H17N3O3. The third kappa shape index (κ3) is 4.13. The third-order valence-electron chi connectivity index (χ3n) is 3.38. The first-order valence-corrected chi connectivity index (χ1v) is 7.43. The van der Waals surface area contributed by atoms with E-state index in [1.165, 1.54) is 6.39 Å². The second-order valence-electron chi connectivity index (χ2n) is 5.20. The van der Waals surface area contributed by atoms with E-state index in [4.69, 9.17) is 14.9 Å². The Morgan fingerprint density at radius 1 is 1.21 bits per heavy atom. The predicted octanol–water partition coefficient (Wildman–Crippen LogP) is 2.82. The number of primary amides is 1. The van der Waals surface area contributed by atoms with Gasteiger partial charge in [0.2, 0.25) is 0 Å². The highest BCUT2D eigenvalue weighted by atomic mass is 16.5. The van der Waals surface area contributed by atoms with E-state index in [0.29, 0.717) is 12.3 Å². The van der Waals surface area contributed by atoms with Crippen LogP contribution in [0.15, 0.2) is 65.5 Å². The number of amides is 1. The zero-order valence-corrected chi connectivity index (χ0v) is 12.9. The van der Waals surface area contributed by atoms with E-state index in [1.807, 2.05) is 48.5 Å². The smallest absolute Gasteiger partial charge is 0.255 e. The number of hydrogen-bond acceptors (Lipinski definition) is 5. The molecule has 0 aliphatic rings. The molecule has 0 aliphatic carbocycles. The molecule has 0 unspecified atom stereocenters. The van der Waals surface area contributed by atoms with Crippen LogP contribution in [0.3, 0.4) is 0 Å². The molecule has 0 radical (unpaired) electrons. The van der Waals surface area contributed by atoms with Gasteiger partial charge >= 0.3 is 0 Å². The van der Waals surface area contributed by atoms with Gasteiger partial charge in [-0.25, -0.2) is 4.98 Å². The molecule has 0 aliphatic heterocycles.